The summed E-state index contributed by atoms with van der Waals surface area (Å²) in [6.45, 7) is 8.94. The Balaban J connectivity index is 1.98. The number of piperidine rings is 1. The first-order chi connectivity index (χ1) is 10.1. The monoisotopic (exact) mass is 297 g/mol. The number of carbonyl (C=O) groups excluding carboxylic acids is 1. The van der Waals surface area contributed by atoms with Crippen molar-refractivity contribution in [2.24, 2.45) is 5.92 Å². The lowest BCUT2D eigenvalue weighted by atomic mass is 9.89. The van der Waals surface area contributed by atoms with Gasteiger partial charge in [-0.15, -0.1) is 0 Å². The van der Waals surface area contributed by atoms with Crippen LogP contribution in [0, 0.1) is 5.92 Å². The molecular formula is C15H27N3O3. The number of carboxylic acid groups (broad SMARTS) is 1. The van der Waals surface area contributed by atoms with E-state index in [9.17, 15) is 14.7 Å². The van der Waals surface area contributed by atoms with Gasteiger partial charge in [0.15, 0.2) is 0 Å². The van der Waals surface area contributed by atoms with Crippen LogP contribution in [0.1, 0.15) is 33.1 Å². The molecule has 0 saturated carbocycles. The molecule has 0 spiro atoms. The van der Waals surface area contributed by atoms with Crippen molar-refractivity contribution in [3.8, 4) is 0 Å². The van der Waals surface area contributed by atoms with Gasteiger partial charge in [-0.3, -0.25) is 0 Å². The van der Waals surface area contributed by atoms with Gasteiger partial charge in [0, 0.05) is 32.7 Å². The first-order valence-electron chi connectivity index (χ1n) is 8.07. The lowest BCUT2D eigenvalue weighted by Gasteiger charge is -2.42. The van der Waals surface area contributed by atoms with Crippen molar-refractivity contribution in [1.29, 1.82) is 0 Å². The van der Waals surface area contributed by atoms with Crippen LogP contribution in [0.2, 0.25) is 0 Å². The quantitative estimate of drug-likeness (QED) is 0.853. The molecule has 0 radical (unpaired) electrons. The summed E-state index contributed by atoms with van der Waals surface area (Å²) in [7, 11) is 0. The molecule has 2 heterocycles. The first-order valence-corrected chi connectivity index (χ1v) is 8.07. The second-order valence-corrected chi connectivity index (χ2v) is 6.05. The van der Waals surface area contributed by atoms with E-state index < -0.39 is 12.0 Å². The Morgan fingerprint density at radius 1 is 1.10 bits per heavy atom. The van der Waals surface area contributed by atoms with Crippen LogP contribution in [0.4, 0.5) is 4.79 Å². The van der Waals surface area contributed by atoms with Crippen molar-refractivity contribution in [2.75, 3.05) is 39.3 Å². The Morgan fingerprint density at radius 2 is 1.76 bits per heavy atom. The molecule has 21 heavy (non-hydrogen) atoms. The van der Waals surface area contributed by atoms with Crippen LogP contribution in [0.25, 0.3) is 0 Å². The highest BCUT2D eigenvalue weighted by atomic mass is 16.4. The lowest BCUT2D eigenvalue weighted by Crippen LogP contribution is -2.58. The smallest absolute Gasteiger partial charge is 0.326 e. The topological polar surface area (TPSA) is 64.1 Å². The van der Waals surface area contributed by atoms with Gasteiger partial charge in [-0.25, -0.2) is 9.59 Å². The maximum Gasteiger partial charge on any atom is 0.326 e. The number of piperazine rings is 1. The third-order valence-electron chi connectivity index (χ3n) is 4.91. The fourth-order valence-electron chi connectivity index (χ4n) is 3.31. The van der Waals surface area contributed by atoms with Gasteiger partial charge in [-0.2, -0.15) is 0 Å². The van der Waals surface area contributed by atoms with Crippen LogP contribution in [0.5, 0.6) is 0 Å². The number of nitrogens with zero attached hydrogens (tertiary/aromatic N) is 3. The Kier molecular flexibility index (Phi) is 5.45. The lowest BCUT2D eigenvalue weighted by molar-refractivity contribution is -0.144. The highest BCUT2D eigenvalue weighted by Crippen LogP contribution is 2.26. The number of hydrogen-bond acceptors (Lipinski definition) is 3. The molecule has 2 rings (SSSR count). The predicted molar refractivity (Wildman–Crippen MR) is 80.2 cm³/mol. The summed E-state index contributed by atoms with van der Waals surface area (Å²) < 4.78 is 0. The molecule has 120 valence electrons. The van der Waals surface area contributed by atoms with Crippen molar-refractivity contribution < 1.29 is 14.7 Å². The normalized spacial score (nSPS) is 27.7. The molecule has 0 aliphatic carbocycles. The van der Waals surface area contributed by atoms with Crippen molar-refractivity contribution in [1.82, 2.24) is 14.7 Å². The molecule has 2 saturated heterocycles. The molecule has 2 fully saturated rings. The van der Waals surface area contributed by atoms with Gasteiger partial charge in [0.25, 0.3) is 0 Å². The number of urea groups is 1. The number of likely N-dealkylation sites (N-methyl/N-ethyl adjacent to an activating group) is 1. The van der Waals surface area contributed by atoms with Gasteiger partial charge in [0.2, 0.25) is 0 Å². The average Bonchev–Trinajstić information content (AvgIpc) is 2.53. The van der Waals surface area contributed by atoms with E-state index in [0.717, 1.165) is 32.5 Å². The summed E-state index contributed by atoms with van der Waals surface area (Å²) in [6.07, 6.45) is 2.49. The molecule has 2 aliphatic heterocycles. The highest BCUT2D eigenvalue weighted by molar-refractivity contribution is 5.83. The largest absolute Gasteiger partial charge is 0.480 e. The van der Waals surface area contributed by atoms with Gasteiger partial charge < -0.3 is 19.8 Å². The molecule has 2 atom stereocenters. The van der Waals surface area contributed by atoms with Crippen molar-refractivity contribution >= 4 is 12.0 Å². The summed E-state index contributed by atoms with van der Waals surface area (Å²) >= 11 is 0. The van der Waals surface area contributed by atoms with Crippen molar-refractivity contribution in [2.45, 2.75) is 39.2 Å². The molecular weight excluding hydrogens is 270 g/mol. The molecule has 0 aromatic rings. The van der Waals surface area contributed by atoms with Gasteiger partial charge in [-0.1, -0.05) is 20.3 Å². The Hall–Kier alpha value is -1.30. The number of carbonyl (C=O) groups is 2. The van der Waals surface area contributed by atoms with Crippen LogP contribution in [0.15, 0.2) is 0 Å². The SMILES string of the molecule is CCC1CCN(C(=O)N2CCN(CC)CC2)C(C(=O)O)C1. The Morgan fingerprint density at radius 3 is 2.29 bits per heavy atom. The molecule has 6 heteroatoms. The van der Waals surface area contributed by atoms with E-state index in [2.05, 4.69) is 18.7 Å². The van der Waals surface area contributed by atoms with E-state index in [1.807, 2.05) is 4.90 Å². The molecule has 2 unspecified atom stereocenters. The first kappa shape index (κ1) is 16.1. The number of rotatable bonds is 3. The molecule has 0 aromatic heterocycles. The van der Waals surface area contributed by atoms with E-state index in [4.69, 9.17) is 0 Å². The minimum atomic E-state index is -0.867. The Bertz CT molecular complexity index is 380. The van der Waals surface area contributed by atoms with Crippen LogP contribution in [-0.4, -0.2) is 77.1 Å². The van der Waals surface area contributed by atoms with Crippen molar-refractivity contribution in [3.63, 3.8) is 0 Å². The summed E-state index contributed by atoms with van der Waals surface area (Å²) in [6, 6.07) is -0.742. The van der Waals surface area contributed by atoms with Gasteiger partial charge in [-0.05, 0) is 25.3 Å². The summed E-state index contributed by atoms with van der Waals surface area (Å²) in [5, 5.41) is 9.43. The standard InChI is InChI=1S/C15H27N3O3/c1-3-12-5-6-18(13(11-12)14(19)20)15(21)17-9-7-16(4-2)8-10-17/h12-13H,3-11H2,1-2H3,(H,19,20). The summed E-state index contributed by atoms with van der Waals surface area (Å²) in [5.74, 6) is -0.444. The summed E-state index contributed by atoms with van der Waals surface area (Å²) in [4.78, 5) is 29.8. The fourth-order valence-corrected chi connectivity index (χ4v) is 3.31. The van der Waals surface area contributed by atoms with E-state index in [1.165, 1.54) is 0 Å². The van der Waals surface area contributed by atoms with Gasteiger partial charge >= 0.3 is 12.0 Å². The fraction of sp³-hybridized carbons (Fsp3) is 0.867. The van der Waals surface area contributed by atoms with E-state index in [1.54, 1.807) is 4.90 Å². The zero-order valence-electron chi connectivity index (χ0n) is 13.1. The van der Waals surface area contributed by atoms with Crippen LogP contribution < -0.4 is 0 Å². The average molecular weight is 297 g/mol. The van der Waals surface area contributed by atoms with E-state index in [-0.39, 0.29) is 6.03 Å². The zero-order chi connectivity index (χ0) is 15.4. The van der Waals surface area contributed by atoms with Crippen molar-refractivity contribution in [3.05, 3.63) is 0 Å². The second-order valence-electron chi connectivity index (χ2n) is 6.05. The maximum absolute atomic E-state index is 12.6. The Labute approximate surface area is 126 Å². The molecule has 0 aromatic carbocycles. The minimum absolute atomic E-state index is 0.0901. The van der Waals surface area contributed by atoms with E-state index >= 15 is 0 Å². The number of amides is 2. The molecule has 2 amide bonds. The number of aliphatic carboxylic acids is 1. The molecule has 1 N–H and O–H groups in total. The van der Waals surface area contributed by atoms with Crippen LogP contribution in [0.3, 0.4) is 0 Å². The van der Waals surface area contributed by atoms with E-state index in [0.29, 0.717) is 32.0 Å². The third kappa shape index (κ3) is 3.67. The van der Waals surface area contributed by atoms with Crippen LogP contribution in [-0.2, 0) is 4.79 Å². The minimum Gasteiger partial charge on any atom is -0.480 e. The molecule has 2 aliphatic rings. The number of hydrogen-bond donors (Lipinski definition) is 1. The third-order valence-corrected chi connectivity index (χ3v) is 4.91. The van der Waals surface area contributed by atoms with Crippen LogP contribution >= 0.6 is 0 Å². The second kappa shape index (κ2) is 7.11. The highest BCUT2D eigenvalue weighted by Gasteiger charge is 2.37. The van der Waals surface area contributed by atoms with Gasteiger partial charge in [0.05, 0.1) is 0 Å². The van der Waals surface area contributed by atoms with Gasteiger partial charge in [0.1, 0.15) is 6.04 Å². The number of likely N-dealkylation sites (tertiary alicyclic amines) is 1. The zero-order valence-corrected chi connectivity index (χ0v) is 13.1. The maximum atomic E-state index is 12.6. The number of carboxylic acids is 1. The summed E-state index contributed by atoms with van der Waals surface area (Å²) in [5.41, 5.74) is 0. The molecule has 0 bridgehead atoms. The molecule has 6 nitrogen and oxygen atoms in total. The predicted octanol–water partition coefficient (Wildman–Crippen LogP) is 1.32.